The van der Waals surface area contributed by atoms with Gasteiger partial charge in [-0.1, -0.05) is 0 Å². The number of halogens is 1. The smallest absolute Gasteiger partial charge is 0.339 e. The molecule has 0 amide bonds. The highest BCUT2D eigenvalue weighted by Gasteiger charge is 2.14. The molecular formula is C10H8BrNO2. The molecule has 14 heavy (non-hydrogen) atoms. The number of methoxy groups -OCH3 is 1. The molecule has 3 nitrogen and oxygen atoms in total. The summed E-state index contributed by atoms with van der Waals surface area (Å²) in [5.74, 6) is -0.331. The van der Waals surface area contributed by atoms with Crippen LogP contribution in [0.3, 0.4) is 0 Å². The first-order chi connectivity index (χ1) is 6.74. The average Bonchev–Trinajstić information content (AvgIpc) is 2.64. The zero-order valence-electron chi connectivity index (χ0n) is 7.50. The van der Waals surface area contributed by atoms with E-state index in [-0.39, 0.29) is 5.97 Å². The van der Waals surface area contributed by atoms with Crippen LogP contribution in [0.15, 0.2) is 28.9 Å². The van der Waals surface area contributed by atoms with Crippen molar-refractivity contribution in [1.82, 2.24) is 4.98 Å². The summed E-state index contributed by atoms with van der Waals surface area (Å²) in [5, 5.41) is 0.867. The van der Waals surface area contributed by atoms with Gasteiger partial charge in [-0.2, -0.15) is 0 Å². The fraction of sp³-hybridized carbons (Fsp3) is 0.100. The Labute approximate surface area is 89.2 Å². The molecule has 0 spiro atoms. The molecule has 0 unspecified atom stereocenters. The van der Waals surface area contributed by atoms with Gasteiger partial charge < -0.3 is 9.72 Å². The summed E-state index contributed by atoms with van der Waals surface area (Å²) in [7, 11) is 1.38. The molecule has 0 saturated heterocycles. The lowest BCUT2D eigenvalue weighted by Crippen LogP contribution is -2.02. The number of aromatic nitrogens is 1. The predicted molar refractivity (Wildman–Crippen MR) is 57.3 cm³/mol. The Morgan fingerprint density at radius 3 is 2.93 bits per heavy atom. The van der Waals surface area contributed by atoms with Gasteiger partial charge in [-0.3, -0.25) is 0 Å². The summed E-state index contributed by atoms with van der Waals surface area (Å²) in [6.45, 7) is 0. The lowest BCUT2D eigenvalue weighted by Gasteiger charge is -2.03. The van der Waals surface area contributed by atoms with Crippen molar-refractivity contribution >= 4 is 32.8 Å². The minimum Gasteiger partial charge on any atom is -0.465 e. The molecule has 0 atom stereocenters. The van der Waals surface area contributed by atoms with Gasteiger partial charge >= 0.3 is 5.97 Å². The average molecular weight is 254 g/mol. The Bertz CT molecular complexity index is 490. The molecule has 0 aliphatic rings. The van der Waals surface area contributed by atoms with Crippen molar-refractivity contribution in [2.75, 3.05) is 7.11 Å². The van der Waals surface area contributed by atoms with Crippen LogP contribution in [0.2, 0.25) is 0 Å². The van der Waals surface area contributed by atoms with Crippen LogP contribution in [0.4, 0.5) is 0 Å². The van der Waals surface area contributed by atoms with Crippen molar-refractivity contribution in [3.63, 3.8) is 0 Å². The molecule has 0 saturated carbocycles. The predicted octanol–water partition coefficient (Wildman–Crippen LogP) is 2.72. The van der Waals surface area contributed by atoms with Crippen LogP contribution in [0.1, 0.15) is 10.4 Å². The molecule has 0 aliphatic carbocycles. The van der Waals surface area contributed by atoms with Gasteiger partial charge in [0.05, 0.1) is 12.7 Å². The first kappa shape index (κ1) is 9.27. The second kappa shape index (κ2) is 3.46. The first-order valence-electron chi connectivity index (χ1n) is 4.08. The summed E-state index contributed by atoms with van der Waals surface area (Å²) in [6, 6.07) is 5.59. The van der Waals surface area contributed by atoms with Gasteiger partial charge in [0.15, 0.2) is 0 Å². The van der Waals surface area contributed by atoms with Crippen LogP contribution in [-0.2, 0) is 4.74 Å². The molecule has 0 bridgehead atoms. The monoisotopic (exact) mass is 253 g/mol. The molecule has 0 aliphatic heterocycles. The summed E-state index contributed by atoms with van der Waals surface area (Å²) < 4.78 is 5.46. The van der Waals surface area contributed by atoms with Crippen molar-refractivity contribution in [3.8, 4) is 0 Å². The lowest BCUT2D eigenvalue weighted by atomic mass is 10.1. The van der Waals surface area contributed by atoms with Crippen molar-refractivity contribution in [2.24, 2.45) is 0 Å². The summed E-state index contributed by atoms with van der Waals surface area (Å²) in [5.41, 5.74) is 1.49. The zero-order valence-corrected chi connectivity index (χ0v) is 9.09. The highest BCUT2D eigenvalue weighted by atomic mass is 79.9. The SMILES string of the molecule is COC(=O)c1c(Br)ccc2[nH]ccc12. The second-order valence-corrected chi connectivity index (χ2v) is 3.71. The minimum absolute atomic E-state index is 0.331. The minimum atomic E-state index is -0.331. The van der Waals surface area contributed by atoms with Gasteiger partial charge in [-0.15, -0.1) is 0 Å². The number of carbonyl (C=O) groups is 1. The van der Waals surface area contributed by atoms with E-state index >= 15 is 0 Å². The summed E-state index contributed by atoms with van der Waals surface area (Å²) >= 11 is 3.33. The second-order valence-electron chi connectivity index (χ2n) is 2.85. The molecule has 4 heteroatoms. The van der Waals surface area contributed by atoms with E-state index in [9.17, 15) is 4.79 Å². The number of carbonyl (C=O) groups excluding carboxylic acids is 1. The molecule has 1 N–H and O–H groups in total. The number of aromatic amines is 1. The van der Waals surface area contributed by atoms with Crippen LogP contribution in [0.25, 0.3) is 10.9 Å². The number of benzene rings is 1. The van der Waals surface area contributed by atoms with Gasteiger partial charge in [-0.05, 0) is 34.1 Å². The largest absolute Gasteiger partial charge is 0.465 e. The van der Waals surface area contributed by atoms with Crippen molar-refractivity contribution in [2.45, 2.75) is 0 Å². The van der Waals surface area contributed by atoms with Crippen LogP contribution in [0, 0.1) is 0 Å². The van der Waals surface area contributed by atoms with Crippen LogP contribution < -0.4 is 0 Å². The molecule has 2 aromatic rings. The molecule has 1 aromatic heterocycles. The third-order valence-electron chi connectivity index (χ3n) is 2.07. The molecule has 1 aromatic carbocycles. The van der Waals surface area contributed by atoms with E-state index < -0.39 is 0 Å². The zero-order chi connectivity index (χ0) is 10.1. The first-order valence-corrected chi connectivity index (χ1v) is 4.87. The molecular weight excluding hydrogens is 246 g/mol. The van der Waals surface area contributed by atoms with E-state index in [2.05, 4.69) is 20.9 Å². The standard InChI is InChI=1S/C10H8BrNO2/c1-14-10(13)9-6-4-5-12-8(6)3-2-7(9)11/h2-5,12H,1H3. The van der Waals surface area contributed by atoms with Gasteiger partial charge in [0.2, 0.25) is 0 Å². The van der Waals surface area contributed by atoms with Crippen molar-refractivity contribution in [3.05, 3.63) is 34.4 Å². The van der Waals surface area contributed by atoms with Gasteiger partial charge in [0.1, 0.15) is 0 Å². The topological polar surface area (TPSA) is 42.1 Å². The fourth-order valence-corrected chi connectivity index (χ4v) is 1.92. The molecule has 72 valence electrons. The Morgan fingerprint density at radius 1 is 1.43 bits per heavy atom. The fourth-order valence-electron chi connectivity index (χ4n) is 1.42. The number of H-pyrrole nitrogens is 1. The Balaban J connectivity index is 2.76. The van der Waals surface area contributed by atoms with Gasteiger partial charge in [0, 0.05) is 21.6 Å². The van der Waals surface area contributed by atoms with Crippen LogP contribution in [0.5, 0.6) is 0 Å². The quantitative estimate of drug-likeness (QED) is 0.795. The number of hydrogen-bond donors (Lipinski definition) is 1. The number of hydrogen-bond acceptors (Lipinski definition) is 2. The maximum Gasteiger partial charge on any atom is 0.339 e. The van der Waals surface area contributed by atoms with E-state index in [0.717, 1.165) is 15.4 Å². The number of nitrogens with one attached hydrogen (secondary N) is 1. The Kier molecular flexibility index (Phi) is 2.29. The van der Waals surface area contributed by atoms with Crippen LogP contribution >= 0.6 is 15.9 Å². The van der Waals surface area contributed by atoms with E-state index in [1.165, 1.54) is 7.11 Å². The highest BCUT2D eigenvalue weighted by molar-refractivity contribution is 9.10. The lowest BCUT2D eigenvalue weighted by molar-refractivity contribution is 0.0602. The third-order valence-corrected chi connectivity index (χ3v) is 2.73. The Morgan fingerprint density at radius 2 is 2.21 bits per heavy atom. The number of ether oxygens (including phenoxy) is 1. The summed E-state index contributed by atoms with van der Waals surface area (Å²) in [6.07, 6.45) is 1.80. The normalized spacial score (nSPS) is 10.4. The van der Waals surface area contributed by atoms with Crippen molar-refractivity contribution < 1.29 is 9.53 Å². The van der Waals surface area contributed by atoms with Crippen LogP contribution in [-0.4, -0.2) is 18.1 Å². The van der Waals surface area contributed by atoms with Gasteiger partial charge in [-0.25, -0.2) is 4.79 Å². The Hall–Kier alpha value is -1.29. The third kappa shape index (κ3) is 1.32. The highest BCUT2D eigenvalue weighted by Crippen LogP contribution is 2.26. The summed E-state index contributed by atoms with van der Waals surface area (Å²) in [4.78, 5) is 14.5. The maximum absolute atomic E-state index is 11.5. The molecule has 0 radical (unpaired) electrons. The molecule has 1 heterocycles. The van der Waals surface area contributed by atoms with E-state index in [0.29, 0.717) is 5.56 Å². The van der Waals surface area contributed by atoms with E-state index in [1.807, 2.05) is 18.2 Å². The number of esters is 1. The van der Waals surface area contributed by atoms with E-state index in [4.69, 9.17) is 4.74 Å². The number of fused-ring (bicyclic) bond motifs is 1. The van der Waals surface area contributed by atoms with Crippen molar-refractivity contribution in [1.29, 1.82) is 0 Å². The van der Waals surface area contributed by atoms with E-state index in [1.54, 1.807) is 6.20 Å². The van der Waals surface area contributed by atoms with Gasteiger partial charge in [0.25, 0.3) is 0 Å². The molecule has 0 fully saturated rings. The number of rotatable bonds is 1. The molecule has 2 rings (SSSR count). The maximum atomic E-state index is 11.5.